The van der Waals surface area contributed by atoms with Gasteiger partial charge in [0.05, 0.1) is 16.5 Å². The molecule has 2 aromatic heterocycles. The predicted octanol–water partition coefficient (Wildman–Crippen LogP) is 4.31. The molecule has 2 aliphatic rings. The molecule has 0 saturated heterocycles. The maximum atomic E-state index is 13.0. The maximum Gasteiger partial charge on any atom is 0.338 e. The van der Waals surface area contributed by atoms with Crippen LogP contribution in [0, 0.1) is 13.8 Å². The minimum absolute atomic E-state index is 0.0574. The first kappa shape index (κ1) is 21.6. The Hall–Kier alpha value is -3.22. The first-order valence-corrected chi connectivity index (χ1v) is 11.9. The highest BCUT2D eigenvalue weighted by Crippen LogP contribution is 2.38. The van der Waals surface area contributed by atoms with Crippen LogP contribution >= 0.6 is 0 Å². The molecule has 33 heavy (non-hydrogen) atoms. The van der Waals surface area contributed by atoms with Gasteiger partial charge < -0.3 is 9.30 Å². The molecule has 0 atom stereocenters. The third-order valence-electron chi connectivity index (χ3n) is 6.83. The number of fused-ring (bicyclic) bond motifs is 2. The number of aryl methyl sites for hydroxylation is 2. The SMILES string of the molecule is Cc1cc(C(=O)COC(=O)c2ccc3c(=O)n4c(nc3c2)CCCCCC4)c(C)n1C1CC1. The normalized spacial score (nSPS) is 16.2. The van der Waals surface area contributed by atoms with Gasteiger partial charge >= 0.3 is 5.97 Å². The lowest BCUT2D eigenvalue weighted by Gasteiger charge is -2.16. The number of benzene rings is 1. The number of carbonyl (C=O) groups excluding carboxylic acids is 2. The molecule has 3 aromatic rings. The van der Waals surface area contributed by atoms with Gasteiger partial charge in [0, 0.05) is 36.0 Å². The Morgan fingerprint density at radius 2 is 1.88 bits per heavy atom. The first-order valence-electron chi connectivity index (χ1n) is 11.9. The third-order valence-corrected chi connectivity index (χ3v) is 6.83. The van der Waals surface area contributed by atoms with E-state index < -0.39 is 5.97 Å². The number of carbonyl (C=O) groups is 2. The first-order chi connectivity index (χ1) is 15.9. The van der Waals surface area contributed by atoms with E-state index in [-0.39, 0.29) is 17.9 Å². The van der Waals surface area contributed by atoms with Crippen molar-refractivity contribution in [3.63, 3.8) is 0 Å². The van der Waals surface area contributed by atoms with Crippen molar-refractivity contribution in [2.45, 2.75) is 71.4 Å². The molecule has 1 aromatic carbocycles. The molecular formula is C26H29N3O4. The molecule has 7 heteroatoms. The molecule has 0 spiro atoms. The van der Waals surface area contributed by atoms with E-state index in [9.17, 15) is 14.4 Å². The van der Waals surface area contributed by atoms with E-state index in [1.165, 1.54) is 0 Å². The van der Waals surface area contributed by atoms with Gasteiger partial charge in [0.15, 0.2) is 6.61 Å². The van der Waals surface area contributed by atoms with Gasteiger partial charge in [-0.2, -0.15) is 0 Å². The van der Waals surface area contributed by atoms with Gasteiger partial charge in [-0.1, -0.05) is 12.8 Å². The van der Waals surface area contributed by atoms with Crippen LogP contribution in [0.3, 0.4) is 0 Å². The zero-order chi connectivity index (χ0) is 23.1. The van der Waals surface area contributed by atoms with E-state index in [0.717, 1.165) is 62.2 Å². The molecular weight excluding hydrogens is 418 g/mol. The number of esters is 1. The minimum atomic E-state index is -0.588. The van der Waals surface area contributed by atoms with Crippen LogP contribution in [-0.2, 0) is 17.7 Å². The Labute approximate surface area is 192 Å². The van der Waals surface area contributed by atoms with E-state index >= 15 is 0 Å². The molecule has 172 valence electrons. The average molecular weight is 448 g/mol. The second-order valence-electron chi connectivity index (χ2n) is 9.27. The summed E-state index contributed by atoms with van der Waals surface area (Å²) < 4.78 is 9.32. The molecule has 1 fully saturated rings. The number of nitrogens with zero attached hydrogens (tertiary/aromatic N) is 3. The van der Waals surface area contributed by atoms with Crippen molar-refractivity contribution < 1.29 is 14.3 Å². The Morgan fingerprint density at radius 3 is 2.67 bits per heavy atom. The number of aromatic nitrogens is 3. The fourth-order valence-electron chi connectivity index (χ4n) is 4.97. The number of Topliss-reactive ketones (excluding diaryl/α,β-unsaturated/α-hetero) is 1. The monoisotopic (exact) mass is 447 g/mol. The van der Waals surface area contributed by atoms with Crippen molar-refractivity contribution in [1.29, 1.82) is 0 Å². The lowest BCUT2D eigenvalue weighted by Crippen LogP contribution is -2.26. The van der Waals surface area contributed by atoms with Crippen LogP contribution in [0.4, 0.5) is 0 Å². The number of hydrogen-bond donors (Lipinski definition) is 0. The molecule has 1 saturated carbocycles. The highest BCUT2D eigenvalue weighted by molar-refractivity contribution is 6.01. The summed E-state index contributed by atoms with van der Waals surface area (Å²) >= 11 is 0. The van der Waals surface area contributed by atoms with Gasteiger partial charge in [0.2, 0.25) is 5.78 Å². The van der Waals surface area contributed by atoms with Gasteiger partial charge in [-0.05, 0) is 63.8 Å². The lowest BCUT2D eigenvalue weighted by molar-refractivity contribution is 0.0474. The zero-order valence-corrected chi connectivity index (χ0v) is 19.2. The van der Waals surface area contributed by atoms with Gasteiger partial charge in [-0.25, -0.2) is 9.78 Å². The van der Waals surface area contributed by atoms with E-state index in [2.05, 4.69) is 4.57 Å². The predicted molar refractivity (Wildman–Crippen MR) is 125 cm³/mol. The Bertz CT molecular complexity index is 1310. The van der Waals surface area contributed by atoms with Crippen LogP contribution in [-0.4, -0.2) is 32.5 Å². The topological polar surface area (TPSA) is 83.2 Å². The molecule has 3 heterocycles. The maximum absolute atomic E-state index is 13.0. The highest BCUT2D eigenvalue weighted by atomic mass is 16.5. The summed E-state index contributed by atoms with van der Waals surface area (Å²) in [5.74, 6) is -0.0179. The van der Waals surface area contributed by atoms with Crippen LogP contribution in [0.1, 0.15) is 82.5 Å². The van der Waals surface area contributed by atoms with Crippen LogP contribution < -0.4 is 5.56 Å². The van der Waals surface area contributed by atoms with Crippen LogP contribution in [0.25, 0.3) is 10.9 Å². The van der Waals surface area contributed by atoms with Crippen molar-refractivity contribution in [3.05, 3.63) is 63.0 Å². The van der Waals surface area contributed by atoms with E-state index in [1.807, 2.05) is 19.9 Å². The smallest absolute Gasteiger partial charge is 0.338 e. The fraction of sp³-hybridized carbons (Fsp3) is 0.462. The van der Waals surface area contributed by atoms with Crippen molar-refractivity contribution in [2.24, 2.45) is 0 Å². The molecule has 0 unspecified atom stereocenters. The second kappa shape index (κ2) is 8.61. The minimum Gasteiger partial charge on any atom is -0.454 e. The highest BCUT2D eigenvalue weighted by Gasteiger charge is 2.28. The van der Waals surface area contributed by atoms with E-state index in [4.69, 9.17) is 9.72 Å². The van der Waals surface area contributed by atoms with Gasteiger partial charge in [0.1, 0.15) is 5.82 Å². The summed E-state index contributed by atoms with van der Waals surface area (Å²) in [5, 5.41) is 0.500. The van der Waals surface area contributed by atoms with Crippen molar-refractivity contribution in [3.8, 4) is 0 Å². The second-order valence-corrected chi connectivity index (χ2v) is 9.27. The molecule has 5 rings (SSSR count). The Morgan fingerprint density at radius 1 is 1.09 bits per heavy atom. The average Bonchev–Trinajstić information content (AvgIpc) is 3.57. The third kappa shape index (κ3) is 4.12. The molecule has 7 nitrogen and oxygen atoms in total. The summed E-state index contributed by atoms with van der Waals surface area (Å²) in [5.41, 5.74) is 3.34. The zero-order valence-electron chi connectivity index (χ0n) is 19.2. The largest absolute Gasteiger partial charge is 0.454 e. The summed E-state index contributed by atoms with van der Waals surface area (Å²) in [6.07, 6.45) is 7.27. The number of hydrogen-bond acceptors (Lipinski definition) is 5. The molecule has 0 radical (unpaired) electrons. The summed E-state index contributed by atoms with van der Waals surface area (Å²) in [7, 11) is 0. The Balaban J connectivity index is 1.34. The fourth-order valence-corrected chi connectivity index (χ4v) is 4.97. The van der Waals surface area contributed by atoms with Gasteiger partial charge in [-0.3, -0.25) is 14.2 Å². The number of ether oxygens (including phenoxy) is 1. The summed E-state index contributed by atoms with van der Waals surface area (Å²) in [4.78, 5) is 43.1. The summed E-state index contributed by atoms with van der Waals surface area (Å²) in [6, 6.07) is 7.18. The molecule has 0 amide bonds. The molecule has 1 aliphatic heterocycles. The summed E-state index contributed by atoms with van der Waals surface area (Å²) in [6.45, 7) is 4.32. The van der Waals surface area contributed by atoms with Gasteiger partial charge in [-0.15, -0.1) is 0 Å². The van der Waals surface area contributed by atoms with Crippen molar-refractivity contribution >= 4 is 22.7 Å². The van der Waals surface area contributed by atoms with Crippen LogP contribution in [0.2, 0.25) is 0 Å². The number of rotatable bonds is 5. The van der Waals surface area contributed by atoms with Crippen LogP contribution in [0.15, 0.2) is 29.1 Å². The van der Waals surface area contributed by atoms with Gasteiger partial charge in [0.25, 0.3) is 5.56 Å². The van der Waals surface area contributed by atoms with E-state index in [0.29, 0.717) is 34.6 Å². The molecule has 0 bridgehead atoms. The van der Waals surface area contributed by atoms with Crippen molar-refractivity contribution in [1.82, 2.24) is 14.1 Å². The van der Waals surface area contributed by atoms with E-state index in [1.54, 1.807) is 22.8 Å². The standard InChI is InChI=1S/C26H29N3O4/c1-16-13-21(17(2)29(16)19-9-10-19)23(30)15-33-26(32)18-8-11-20-22(14-18)27-24-7-5-3-4-6-12-28(24)25(20)31/h8,11,13-14,19H,3-7,9-10,12,15H2,1-2H3. The molecule has 1 aliphatic carbocycles. The van der Waals surface area contributed by atoms with Crippen molar-refractivity contribution in [2.75, 3.05) is 6.61 Å². The Kier molecular flexibility index (Phi) is 5.64. The quantitative estimate of drug-likeness (QED) is 0.430. The lowest BCUT2D eigenvalue weighted by atomic mass is 10.1. The molecule has 0 N–H and O–H groups in total. The number of ketones is 1. The van der Waals surface area contributed by atoms with Crippen LogP contribution in [0.5, 0.6) is 0 Å².